The molecule has 1 aromatic heterocycles. The Balaban J connectivity index is 2.02. The number of carbonyl (C=O) groups is 2. The molecule has 4 unspecified atom stereocenters. The van der Waals surface area contributed by atoms with Crippen LogP contribution >= 0.6 is 0 Å². The second-order valence-electron chi connectivity index (χ2n) is 9.94. The topological polar surface area (TPSA) is 115 Å². The molecule has 0 aliphatic carbocycles. The van der Waals surface area contributed by atoms with Crippen molar-refractivity contribution < 1.29 is 28.6 Å². The minimum Gasteiger partial charge on any atom is -0.507 e. The number of aromatic hydroxyl groups is 1. The predicted molar refractivity (Wildman–Crippen MR) is 147 cm³/mol. The van der Waals surface area contributed by atoms with Gasteiger partial charge >= 0.3 is 11.7 Å². The van der Waals surface area contributed by atoms with Gasteiger partial charge in [0, 0.05) is 24.1 Å². The van der Waals surface area contributed by atoms with Gasteiger partial charge in [-0.05, 0) is 58.4 Å². The second kappa shape index (κ2) is 14.5. The van der Waals surface area contributed by atoms with Crippen molar-refractivity contribution in [1.29, 1.82) is 0 Å². The number of carbonyl (C=O) groups excluding carboxylic acids is 2. The van der Waals surface area contributed by atoms with Crippen LogP contribution in [-0.4, -0.2) is 35.8 Å². The van der Waals surface area contributed by atoms with Crippen LogP contribution in [0.3, 0.4) is 0 Å². The molecule has 1 aliphatic rings. The van der Waals surface area contributed by atoms with Crippen molar-refractivity contribution in [2.75, 3.05) is 7.11 Å². The number of Topliss-reactive ketones (excluding diaryl/α,β-unsaturated/α-hetero) is 1. The first-order chi connectivity index (χ1) is 18.0. The average Bonchev–Trinajstić information content (AvgIpc) is 3.28. The highest BCUT2D eigenvalue weighted by molar-refractivity contribution is 6.00. The SMILES string of the molecule is CC=CCC=C(C)C1CCC(C)(C=CC(C)C(=O)c2c(O)cc(C(C)CCC=CNC(=O)OC)oc2=O)O1. The van der Waals surface area contributed by atoms with Gasteiger partial charge in [0.2, 0.25) is 0 Å². The van der Waals surface area contributed by atoms with Gasteiger partial charge in [-0.3, -0.25) is 10.1 Å². The summed E-state index contributed by atoms with van der Waals surface area (Å²) < 4.78 is 16.2. The van der Waals surface area contributed by atoms with Gasteiger partial charge in [0.25, 0.3) is 0 Å². The average molecular weight is 528 g/mol. The Morgan fingerprint density at radius 2 is 2.05 bits per heavy atom. The molecular weight excluding hydrogens is 486 g/mol. The molecule has 38 heavy (non-hydrogen) atoms. The summed E-state index contributed by atoms with van der Waals surface area (Å²) >= 11 is 0. The van der Waals surface area contributed by atoms with Crippen molar-refractivity contribution >= 4 is 11.9 Å². The first-order valence-electron chi connectivity index (χ1n) is 13.1. The predicted octanol–water partition coefficient (Wildman–Crippen LogP) is 6.32. The molecule has 2 rings (SSSR count). The molecule has 1 aliphatic heterocycles. The first kappa shape index (κ1) is 30.8. The summed E-state index contributed by atoms with van der Waals surface area (Å²) in [5.41, 5.74) is -0.527. The molecule has 1 saturated heterocycles. The molecule has 2 N–H and O–H groups in total. The van der Waals surface area contributed by atoms with Crippen LogP contribution in [0.1, 0.15) is 88.8 Å². The number of hydrogen-bond acceptors (Lipinski definition) is 7. The Hall–Kier alpha value is -3.39. The molecule has 0 spiro atoms. The number of ether oxygens (including phenoxy) is 2. The normalized spacial score (nSPS) is 21.8. The lowest BCUT2D eigenvalue weighted by atomic mass is 9.94. The standard InChI is InChI=1S/C30H41NO7/c1-7-8-9-12-20(2)24-15-17-30(5,38-24)16-14-22(4)27(33)26-23(32)19-25(37-28(26)34)21(3)13-10-11-18-31-29(35)36-6/h7-8,11-12,14,16,18-19,21-22,24,32H,9-10,13,15,17H2,1-6H3,(H,31,35). The highest BCUT2D eigenvalue weighted by atomic mass is 16.5. The molecule has 1 aromatic rings. The van der Waals surface area contributed by atoms with Gasteiger partial charge in [0.15, 0.2) is 5.78 Å². The van der Waals surface area contributed by atoms with Crippen LogP contribution in [0.5, 0.6) is 5.75 Å². The molecule has 1 amide bonds. The molecular formula is C30H41NO7. The number of alkyl carbamates (subject to hydrolysis) is 1. The van der Waals surface area contributed by atoms with Gasteiger partial charge in [-0.15, -0.1) is 0 Å². The van der Waals surface area contributed by atoms with Crippen molar-refractivity contribution in [2.24, 2.45) is 5.92 Å². The van der Waals surface area contributed by atoms with Gasteiger partial charge < -0.3 is 19.0 Å². The van der Waals surface area contributed by atoms with Crippen molar-refractivity contribution in [3.8, 4) is 5.75 Å². The smallest absolute Gasteiger partial charge is 0.410 e. The number of ketones is 1. The summed E-state index contributed by atoms with van der Waals surface area (Å²) in [7, 11) is 1.28. The van der Waals surface area contributed by atoms with E-state index in [-0.39, 0.29) is 29.1 Å². The number of hydrogen-bond donors (Lipinski definition) is 2. The zero-order valence-corrected chi connectivity index (χ0v) is 23.3. The van der Waals surface area contributed by atoms with E-state index in [0.717, 1.165) is 19.3 Å². The highest BCUT2D eigenvalue weighted by Crippen LogP contribution is 2.35. The lowest BCUT2D eigenvalue weighted by Crippen LogP contribution is -2.24. The summed E-state index contributed by atoms with van der Waals surface area (Å²) in [6, 6.07) is 1.33. The third-order valence-electron chi connectivity index (χ3n) is 6.74. The number of nitrogens with one attached hydrogen (secondary N) is 1. The summed E-state index contributed by atoms with van der Waals surface area (Å²) in [4.78, 5) is 36.7. The first-order valence-corrected chi connectivity index (χ1v) is 13.1. The van der Waals surface area contributed by atoms with E-state index in [0.29, 0.717) is 12.8 Å². The maximum atomic E-state index is 13.0. The molecule has 0 saturated carbocycles. The van der Waals surface area contributed by atoms with E-state index < -0.39 is 29.0 Å². The summed E-state index contributed by atoms with van der Waals surface area (Å²) in [5, 5.41) is 13.0. The summed E-state index contributed by atoms with van der Waals surface area (Å²) in [5.74, 6) is -1.45. The molecule has 0 aromatic carbocycles. The largest absolute Gasteiger partial charge is 0.507 e. The van der Waals surface area contributed by atoms with E-state index in [1.54, 1.807) is 19.1 Å². The van der Waals surface area contributed by atoms with E-state index >= 15 is 0 Å². The Labute approximate surface area is 225 Å². The quantitative estimate of drug-likeness (QED) is 0.241. The lowest BCUT2D eigenvalue weighted by Gasteiger charge is -2.22. The Bertz CT molecular complexity index is 1140. The zero-order valence-electron chi connectivity index (χ0n) is 23.3. The number of amides is 1. The number of methoxy groups -OCH3 is 1. The van der Waals surface area contributed by atoms with Crippen LogP contribution in [0.15, 0.2) is 63.5 Å². The number of allylic oxidation sites excluding steroid dienone is 5. The Morgan fingerprint density at radius 1 is 1.32 bits per heavy atom. The molecule has 0 bridgehead atoms. The van der Waals surface area contributed by atoms with E-state index in [9.17, 15) is 19.5 Å². The fraction of sp³-hybridized carbons (Fsp3) is 0.500. The fourth-order valence-corrected chi connectivity index (χ4v) is 4.21. The van der Waals surface area contributed by atoms with Crippen molar-refractivity contribution in [2.45, 2.75) is 84.3 Å². The minimum atomic E-state index is -0.856. The van der Waals surface area contributed by atoms with E-state index in [1.807, 2.05) is 32.9 Å². The molecule has 8 nitrogen and oxygen atoms in total. The van der Waals surface area contributed by atoms with Crippen LogP contribution in [0.2, 0.25) is 0 Å². The van der Waals surface area contributed by atoms with Crippen LogP contribution in [0.4, 0.5) is 4.79 Å². The van der Waals surface area contributed by atoms with Gasteiger partial charge in [0.1, 0.15) is 17.1 Å². The molecule has 1 fully saturated rings. The van der Waals surface area contributed by atoms with E-state index in [1.165, 1.54) is 24.9 Å². The van der Waals surface area contributed by atoms with Gasteiger partial charge in [-0.25, -0.2) is 9.59 Å². The monoisotopic (exact) mass is 527 g/mol. The van der Waals surface area contributed by atoms with Crippen LogP contribution in [-0.2, 0) is 9.47 Å². The summed E-state index contributed by atoms with van der Waals surface area (Å²) in [6.45, 7) is 9.58. The third-order valence-corrected chi connectivity index (χ3v) is 6.74. The molecule has 8 heteroatoms. The van der Waals surface area contributed by atoms with Gasteiger partial charge in [-0.1, -0.05) is 50.3 Å². The molecule has 2 heterocycles. The molecule has 208 valence electrons. The van der Waals surface area contributed by atoms with Gasteiger partial charge in [-0.2, -0.15) is 0 Å². The van der Waals surface area contributed by atoms with E-state index in [4.69, 9.17) is 9.15 Å². The highest BCUT2D eigenvalue weighted by Gasteiger charge is 2.35. The Kier molecular flexibility index (Phi) is 11.8. The Morgan fingerprint density at radius 3 is 2.71 bits per heavy atom. The van der Waals surface area contributed by atoms with Crippen LogP contribution < -0.4 is 10.9 Å². The minimum absolute atomic E-state index is 0.0335. The van der Waals surface area contributed by atoms with Crippen molar-refractivity contribution in [3.05, 3.63) is 76.0 Å². The van der Waals surface area contributed by atoms with Crippen molar-refractivity contribution in [1.82, 2.24) is 5.32 Å². The van der Waals surface area contributed by atoms with Crippen LogP contribution in [0.25, 0.3) is 0 Å². The fourth-order valence-electron chi connectivity index (χ4n) is 4.21. The van der Waals surface area contributed by atoms with Gasteiger partial charge in [0.05, 0.1) is 18.8 Å². The van der Waals surface area contributed by atoms with E-state index in [2.05, 4.69) is 29.1 Å². The van der Waals surface area contributed by atoms with Crippen molar-refractivity contribution in [3.63, 3.8) is 0 Å². The lowest BCUT2D eigenvalue weighted by molar-refractivity contribution is 0.0215. The third kappa shape index (κ3) is 8.87. The number of rotatable bonds is 12. The van der Waals surface area contributed by atoms with Crippen LogP contribution in [0, 0.1) is 5.92 Å². The zero-order chi connectivity index (χ0) is 28.3. The maximum Gasteiger partial charge on any atom is 0.410 e. The molecule has 4 atom stereocenters. The second-order valence-corrected chi connectivity index (χ2v) is 9.94. The molecule has 0 radical (unpaired) electrons. The maximum absolute atomic E-state index is 13.0. The summed E-state index contributed by atoms with van der Waals surface area (Å²) in [6.07, 6.45) is 16.3.